The van der Waals surface area contributed by atoms with Crippen molar-refractivity contribution >= 4 is 22.6 Å². The molecule has 116 valence electrons. The van der Waals surface area contributed by atoms with Crippen molar-refractivity contribution in [3.05, 3.63) is 54.4 Å². The van der Waals surface area contributed by atoms with Crippen LogP contribution in [-0.2, 0) is 4.79 Å². The van der Waals surface area contributed by atoms with Crippen molar-refractivity contribution in [1.29, 1.82) is 0 Å². The second-order valence-corrected chi connectivity index (χ2v) is 5.75. The van der Waals surface area contributed by atoms with Gasteiger partial charge in [0.2, 0.25) is 5.91 Å². The fourth-order valence-electron chi connectivity index (χ4n) is 3.08. The molecule has 2 aromatic carbocycles. The van der Waals surface area contributed by atoms with Gasteiger partial charge in [-0.2, -0.15) is 0 Å². The Morgan fingerprint density at radius 2 is 2.09 bits per heavy atom. The summed E-state index contributed by atoms with van der Waals surface area (Å²) < 4.78 is 5.24. The number of para-hydroxylation sites is 2. The van der Waals surface area contributed by atoms with Gasteiger partial charge in [0.1, 0.15) is 11.6 Å². The maximum absolute atomic E-state index is 12.4. The molecule has 1 N–H and O–H groups in total. The van der Waals surface area contributed by atoms with E-state index in [4.69, 9.17) is 4.74 Å². The van der Waals surface area contributed by atoms with E-state index < -0.39 is 0 Å². The predicted octanol–water partition coefficient (Wildman–Crippen LogP) is 3.09. The summed E-state index contributed by atoms with van der Waals surface area (Å²) in [5, 5.41) is 0. The molecule has 0 radical (unpaired) electrons. The van der Waals surface area contributed by atoms with Crippen molar-refractivity contribution in [2.45, 2.75) is 12.3 Å². The number of ether oxygens (including phenoxy) is 1. The number of nitrogens with one attached hydrogen (secondary N) is 1. The largest absolute Gasteiger partial charge is 0.497 e. The van der Waals surface area contributed by atoms with Crippen molar-refractivity contribution in [3.8, 4) is 5.75 Å². The summed E-state index contributed by atoms with van der Waals surface area (Å²) in [6, 6.07) is 15.5. The number of amides is 1. The Morgan fingerprint density at radius 1 is 1.22 bits per heavy atom. The third-order valence-corrected chi connectivity index (χ3v) is 4.28. The summed E-state index contributed by atoms with van der Waals surface area (Å²) in [4.78, 5) is 22.2. The van der Waals surface area contributed by atoms with Crippen molar-refractivity contribution in [2.24, 2.45) is 0 Å². The minimum absolute atomic E-state index is 0.0844. The monoisotopic (exact) mass is 307 g/mol. The van der Waals surface area contributed by atoms with Gasteiger partial charge in [-0.05, 0) is 24.3 Å². The average Bonchev–Trinajstić information content (AvgIpc) is 3.18. The maximum atomic E-state index is 12.4. The molecule has 0 bridgehead atoms. The van der Waals surface area contributed by atoms with Crippen LogP contribution in [0.1, 0.15) is 18.2 Å². The van der Waals surface area contributed by atoms with Gasteiger partial charge >= 0.3 is 0 Å². The van der Waals surface area contributed by atoms with Gasteiger partial charge in [0.25, 0.3) is 0 Å². The molecule has 1 fully saturated rings. The van der Waals surface area contributed by atoms with E-state index in [-0.39, 0.29) is 11.8 Å². The van der Waals surface area contributed by atoms with E-state index in [0.717, 1.165) is 28.3 Å². The SMILES string of the molecule is COc1cccc(N2C[C@@H](c3nc4ccccc4[nH]3)CC2=O)c1. The molecule has 1 aromatic heterocycles. The van der Waals surface area contributed by atoms with Crippen LogP contribution in [0, 0.1) is 0 Å². The molecule has 1 atom stereocenters. The Labute approximate surface area is 133 Å². The number of H-pyrrole nitrogens is 1. The molecule has 0 unspecified atom stereocenters. The quantitative estimate of drug-likeness (QED) is 0.809. The summed E-state index contributed by atoms with van der Waals surface area (Å²) >= 11 is 0. The average molecular weight is 307 g/mol. The van der Waals surface area contributed by atoms with Crippen LogP contribution in [0.4, 0.5) is 5.69 Å². The zero-order valence-electron chi connectivity index (χ0n) is 12.8. The zero-order valence-corrected chi connectivity index (χ0v) is 12.8. The number of nitrogens with zero attached hydrogens (tertiary/aromatic N) is 2. The molecular formula is C18H17N3O2. The lowest BCUT2D eigenvalue weighted by atomic mass is 10.1. The van der Waals surface area contributed by atoms with E-state index in [1.54, 1.807) is 12.0 Å². The van der Waals surface area contributed by atoms with Crippen LogP contribution in [0.2, 0.25) is 0 Å². The van der Waals surface area contributed by atoms with E-state index in [2.05, 4.69) is 9.97 Å². The summed E-state index contributed by atoms with van der Waals surface area (Å²) in [5.41, 5.74) is 2.82. The number of methoxy groups -OCH3 is 1. The van der Waals surface area contributed by atoms with E-state index in [9.17, 15) is 4.79 Å². The molecule has 1 aliphatic heterocycles. The molecule has 0 spiro atoms. The van der Waals surface area contributed by atoms with Crippen molar-refractivity contribution in [1.82, 2.24) is 9.97 Å². The number of fused-ring (bicyclic) bond motifs is 1. The van der Waals surface area contributed by atoms with Crippen molar-refractivity contribution in [2.75, 3.05) is 18.6 Å². The van der Waals surface area contributed by atoms with Gasteiger partial charge in [0.05, 0.1) is 18.1 Å². The minimum Gasteiger partial charge on any atom is -0.497 e. The van der Waals surface area contributed by atoms with Gasteiger partial charge in [-0.15, -0.1) is 0 Å². The number of carbonyl (C=O) groups excluding carboxylic acids is 1. The van der Waals surface area contributed by atoms with Crippen LogP contribution in [0.3, 0.4) is 0 Å². The molecule has 0 saturated carbocycles. The third-order valence-electron chi connectivity index (χ3n) is 4.28. The molecule has 4 rings (SSSR count). The molecule has 3 aromatic rings. The first-order valence-corrected chi connectivity index (χ1v) is 7.63. The second kappa shape index (κ2) is 5.43. The first-order chi connectivity index (χ1) is 11.2. The Bertz CT molecular complexity index is 838. The van der Waals surface area contributed by atoms with Crippen molar-refractivity contribution in [3.63, 3.8) is 0 Å². The van der Waals surface area contributed by atoms with E-state index in [0.29, 0.717) is 13.0 Å². The van der Waals surface area contributed by atoms with Crippen LogP contribution < -0.4 is 9.64 Å². The van der Waals surface area contributed by atoms with Crippen LogP contribution in [0.25, 0.3) is 11.0 Å². The normalized spacial score (nSPS) is 17.9. The lowest BCUT2D eigenvalue weighted by Gasteiger charge is -2.17. The van der Waals surface area contributed by atoms with Crippen molar-refractivity contribution < 1.29 is 9.53 Å². The topological polar surface area (TPSA) is 58.2 Å². The number of hydrogen-bond acceptors (Lipinski definition) is 3. The number of anilines is 1. The zero-order chi connectivity index (χ0) is 15.8. The van der Waals surface area contributed by atoms with Gasteiger partial charge in [-0.3, -0.25) is 4.79 Å². The maximum Gasteiger partial charge on any atom is 0.227 e. The molecule has 2 heterocycles. The summed E-state index contributed by atoms with van der Waals surface area (Å²) in [6.07, 6.45) is 0.469. The van der Waals surface area contributed by atoms with E-state index in [1.807, 2.05) is 48.5 Å². The van der Waals surface area contributed by atoms with Gasteiger partial charge in [-0.25, -0.2) is 4.98 Å². The third kappa shape index (κ3) is 2.44. The fourth-order valence-corrected chi connectivity index (χ4v) is 3.08. The summed E-state index contributed by atoms with van der Waals surface area (Å²) in [6.45, 7) is 0.631. The molecule has 1 aliphatic rings. The van der Waals surface area contributed by atoms with Crippen LogP contribution in [-0.4, -0.2) is 29.5 Å². The fraction of sp³-hybridized carbons (Fsp3) is 0.222. The van der Waals surface area contributed by atoms with E-state index >= 15 is 0 Å². The smallest absolute Gasteiger partial charge is 0.227 e. The Morgan fingerprint density at radius 3 is 2.91 bits per heavy atom. The highest BCUT2D eigenvalue weighted by Crippen LogP contribution is 2.32. The Kier molecular flexibility index (Phi) is 3.26. The predicted molar refractivity (Wildman–Crippen MR) is 88.8 cm³/mol. The van der Waals surface area contributed by atoms with Gasteiger partial charge in [0, 0.05) is 30.6 Å². The highest BCUT2D eigenvalue weighted by molar-refractivity contribution is 5.96. The Balaban J connectivity index is 1.62. The first kappa shape index (κ1) is 13.8. The van der Waals surface area contributed by atoms with Gasteiger partial charge in [-0.1, -0.05) is 18.2 Å². The molecule has 0 aliphatic carbocycles. The minimum atomic E-state index is 0.0844. The number of aromatic amines is 1. The number of rotatable bonds is 3. The highest BCUT2D eigenvalue weighted by atomic mass is 16.5. The van der Waals surface area contributed by atoms with Gasteiger partial charge in [0.15, 0.2) is 0 Å². The summed E-state index contributed by atoms with van der Waals surface area (Å²) in [7, 11) is 1.63. The van der Waals surface area contributed by atoms with Crippen LogP contribution in [0.15, 0.2) is 48.5 Å². The lowest BCUT2D eigenvalue weighted by Crippen LogP contribution is -2.24. The number of benzene rings is 2. The van der Waals surface area contributed by atoms with E-state index in [1.165, 1.54) is 0 Å². The summed E-state index contributed by atoms with van der Waals surface area (Å²) in [5.74, 6) is 1.83. The molecule has 5 heteroatoms. The first-order valence-electron chi connectivity index (χ1n) is 7.63. The number of aromatic nitrogens is 2. The highest BCUT2D eigenvalue weighted by Gasteiger charge is 2.33. The molecular weight excluding hydrogens is 290 g/mol. The van der Waals surface area contributed by atoms with Crippen LogP contribution >= 0.6 is 0 Å². The molecule has 23 heavy (non-hydrogen) atoms. The molecule has 5 nitrogen and oxygen atoms in total. The van der Waals surface area contributed by atoms with Gasteiger partial charge < -0.3 is 14.6 Å². The lowest BCUT2D eigenvalue weighted by molar-refractivity contribution is -0.117. The Hall–Kier alpha value is -2.82. The van der Waals surface area contributed by atoms with Crippen LogP contribution in [0.5, 0.6) is 5.75 Å². The molecule has 1 amide bonds. The number of imidazole rings is 1. The standard InChI is InChI=1S/C18H17N3O2/c1-23-14-6-4-5-13(10-14)21-11-12(9-17(21)22)18-19-15-7-2-3-8-16(15)20-18/h2-8,10,12H,9,11H2,1H3,(H,19,20)/t12-/m0/s1. The number of carbonyl (C=O) groups is 1. The molecule has 1 saturated heterocycles. The number of hydrogen-bond donors (Lipinski definition) is 1. The second-order valence-electron chi connectivity index (χ2n) is 5.75.